The number of nitrogens with one attached hydrogen (secondary N) is 1. The van der Waals surface area contributed by atoms with Crippen molar-refractivity contribution in [1.29, 1.82) is 0 Å². The number of carbonyl (C=O) groups is 1. The van der Waals surface area contributed by atoms with Crippen molar-refractivity contribution in [2.24, 2.45) is 0 Å². The quantitative estimate of drug-likeness (QED) is 0.655. The maximum atomic E-state index is 11.5. The molecule has 7 heteroatoms. The lowest BCUT2D eigenvalue weighted by molar-refractivity contribution is 0.0706. The summed E-state index contributed by atoms with van der Waals surface area (Å²) in [6, 6.07) is 9.00. The van der Waals surface area contributed by atoms with E-state index in [0.717, 1.165) is 23.6 Å². The molecule has 7 nitrogen and oxygen atoms in total. The van der Waals surface area contributed by atoms with E-state index in [2.05, 4.69) is 9.88 Å². The Labute approximate surface area is 139 Å². The van der Waals surface area contributed by atoms with E-state index in [1.54, 1.807) is 30.9 Å². The van der Waals surface area contributed by atoms with E-state index in [4.69, 9.17) is 14.7 Å². The molecule has 1 aromatic heterocycles. The molecule has 1 aromatic carbocycles. The van der Waals surface area contributed by atoms with Crippen LogP contribution in [-0.4, -0.2) is 41.3 Å². The van der Waals surface area contributed by atoms with Crippen LogP contribution in [0.1, 0.15) is 21.6 Å². The third-order valence-electron chi connectivity index (χ3n) is 3.91. The van der Waals surface area contributed by atoms with Crippen LogP contribution in [0.2, 0.25) is 0 Å². The van der Waals surface area contributed by atoms with Gasteiger partial charge in [-0.15, -0.1) is 0 Å². The first-order valence-electron chi connectivity index (χ1n) is 7.61. The van der Waals surface area contributed by atoms with Crippen LogP contribution in [0.25, 0.3) is 0 Å². The minimum absolute atomic E-state index is 0.363. The average Bonchev–Trinajstić information content (AvgIpc) is 2.82. The lowest BCUT2D eigenvalue weighted by Crippen LogP contribution is -2.25. The van der Waals surface area contributed by atoms with Crippen LogP contribution in [0.5, 0.6) is 11.5 Å². The molecule has 0 spiro atoms. The molecule has 126 valence electrons. The lowest BCUT2D eigenvalue weighted by atomic mass is 10.1. The fraction of sp³-hybridized carbons (Fsp3) is 0.294. The first kappa shape index (κ1) is 16.2. The SMILES string of the molecule is COc1ccc(CN2CCOc3cc(C(=O)NO)ccc3C2)nc1. The number of pyridine rings is 1. The van der Waals surface area contributed by atoms with Crippen molar-refractivity contribution in [2.75, 3.05) is 20.3 Å². The molecule has 2 heterocycles. The topological polar surface area (TPSA) is 83.9 Å². The lowest BCUT2D eigenvalue weighted by Gasteiger charge is -2.18. The summed E-state index contributed by atoms with van der Waals surface area (Å²) in [7, 11) is 1.62. The molecule has 0 unspecified atom stereocenters. The molecule has 1 amide bonds. The van der Waals surface area contributed by atoms with Crippen LogP contribution in [0.15, 0.2) is 36.5 Å². The summed E-state index contributed by atoms with van der Waals surface area (Å²) in [6.07, 6.45) is 1.71. The molecule has 2 aromatic rings. The number of hydrogen-bond acceptors (Lipinski definition) is 6. The number of carbonyl (C=O) groups excluding carboxylic acids is 1. The van der Waals surface area contributed by atoms with Gasteiger partial charge in [0.25, 0.3) is 5.91 Å². The Morgan fingerprint density at radius 2 is 2.29 bits per heavy atom. The maximum absolute atomic E-state index is 11.5. The highest BCUT2D eigenvalue weighted by Gasteiger charge is 2.17. The minimum Gasteiger partial charge on any atom is -0.495 e. The van der Waals surface area contributed by atoms with Crippen LogP contribution in [0, 0.1) is 0 Å². The van der Waals surface area contributed by atoms with E-state index in [1.165, 1.54) is 0 Å². The first-order chi connectivity index (χ1) is 11.7. The van der Waals surface area contributed by atoms with Crippen molar-refractivity contribution in [2.45, 2.75) is 13.1 Å². The van der Waals surface area contributed by atoms with E-state index in [9.17, 15) is 4.79 Å². The van der Waals surface area contributed by atoms with Gasteiger partial charge in [-0.3, -0.25) is 19.9 Å². The van der Waals surface area contributed by atoms with Gasteiger partial charge in [0.05, 0.1) is 19.0 Å². The Hall–Kier alpha value is -2.64. The molecule has 0 saturated carbocycles. The Kier molecular flexibility index (Phi) is 4.93. The second-order valence-corrected chi connectivity index (χ2v) is 5.51. The molecular weight excluding hydrogens is 310 g/mol. The van der Waals surface area contributed by atoms with Crippen molar-refractivity contribution >= 4 is 5.91 Å². The largest absolute Gasteiger partial charge is 0.495 e. The van der Waals surface area contributed by atoms with Gasteiger partial charge < -0.3 is 9.47 Å². The normalized spacial score (nSPS) is 14.2. The van der Waals surface area contributed by atoms with Crippen LogP contribution >= 0.6 is 0 Å². The number of nitrogens with zero attached hydrogens (tertiary/aromatic N) is 2. The molecule has 0 saturated heterocycles. The number of amides is 1. The number of hydroxylamine groups is 1. The van der Waals surface area contributed by atoms with Crippen LogP contribution in [0.4, 0.5) is 0 Å². The molecular formula is C17H19N3O4. The first-order valence-corrected chi connectivity index (χ1v) is 7.61. The molecule has 2 N–H and O–H groups in total. The molecule has 1 aliphatic heterocycles. The van der Waals surface area contributed by atoms with Gasteiger partial charge in [0.1, 0.15) is 18.1 Å². The standard InChI is InChI=1S/C17H19N3O4/c1-23-15-5-4-14(18-9-15)11-20-6-7-24-16-8-12(17(21)19-22)2-3-13(16)10-20/h2-5,8-9,22H,6-7,10-11H2,1H3,(H,19,21). The fourth-order valence-electron chi connectivity index (χ4n) is 2.62. The Morgan fingerprint density at radius 3 is 3.00 bits per heavy atom. The van der Waals surface area contributed by atoms with Gasteiger partial charge >= 0.3 is 0 Å². The number of methoxy groups -OCH3 is 1. The predicted molar refractivity (Wildman–Crippen MR) is 86.1 cm³/mol. The minimum atomic E-state index is -0.551. The van der Waals surface area contributed by atoms with Crippen LogP contribution < -0.4 is 15.0 Å². The number of rotatable bonds is 4. The zero-order valence-corrected chi connectivity index (χ0v) is 13.4. The Bertz CT molecular complexity index is 718. The summed E-state index contributed by atoms with van der Waals surface area (Å²) in [5, 5.41) is 8.73. The van der Waals surface area contributed by atoms with Gasteiger partial charge in [0.15, 0.2) is 0 Å². The smallest absolute Gasteiger partial charge is 0.274 e. The molecule has 0 bridgehead atoms. The van der Waals surface area contributed by atoms with Gasteiger partial charge in [-0.25, -0.2) is 5.48 Å². The molecule has 0 aliphatic carbocycles. The van der Waals surface area contributed by atoms with Crippen molar-refractivity contribution in [3.8, 4) is 11.5 Å². The third kappa shape index (κ3) is 3.64. The maximum Gasteiger partial charge on any atom is 0.274 e. The summed E-state index contributed by atoms with van der Waals surface area (Å²) in [4.78, 5) is 18.1. The molecule has 0 fully saturated rings. The van der Waals surface area contributed by atoms with E-state index >= 15 is 0 Å². The zero-order valence-electron chi connectivity index (χ0n) is 13.4. The van der Waals surface area contributed by atoms with E-state index in [1.807, 2.05) is 18.2 Å². The third-order valence-corrected chi connectivity index (χ3v) is 3.91. The average molecular weight is 329 g/mol. The van der Waals surface area contributed by atoms with Gasteiger partial charge in [0, 0.05) is 30.8 Å². The molecule has 0 atom stereocenters. The summed E-state index contributed by atoms with van der Waals surface area (Å²) in [5.41, 5.74) is 3.94. The van der Waals surface area contributed by atoms with Crippen molar-refractivity contribution in [3.05, 3.63) is 53.3 Å². The Balaban J connectivity index is 1.73. The van der Waals surface area contributed by atoms with Crippen molar-refractivity contribution in [1.82, 2.24) is 15.4 Å². The van der Waals surface area contributed by atoms with E-state index < -0.39 is 5.91 Å². The zero-order chi connectivity index (χ0) is 16.9. The van der Waals surface area contributed by atoms with E-state index in [0.29, 0.717) is 31.0 Å². The monoisotopic (exact) mass is 329 g/mol. The second-order valence-electron chi connectivity index (χ2n) is 5.51. The van der Waals surface area contributed by atoms with Gasteiger partial charge in [-0.2, -0.15) is 0 Å². The summed E-state index contributed by atoms with van der Waals surface area (Å²) < 4.78 is 10.9. The number of fused-ring (bicyclic) bond motifs is 1. The molecule has 3 rings (SSSR count). The van der Waals surface area contributed by atoms with Crippen molar-refractivity contribution in [3.63, 3.8) is 0 Å². The van der Waals surface area contributed by atoms with Gasteiger partial charge in [-0.05, 0) is 24.3 Å². The van der Waals surface area contributed by atoms with Gasteiger partial charge in [-0.1, -0.05) is 6.07 Å². The Morgan fingerprint density at radius 1 is 1.42 bits per heavy atom. The molecule has 0 radical (unpaired) electrons. The highest BCUT2D eigenvalue weighted by molar-refractivity contribution is 5.93. The highest BCUT2D eigenvalue weighted by Crippen LogP contribution is 2.25. The van der Waals surface area contributed by atoms with Crippen molar-refractivity contribution < 1.29 is 19.5 Å². The van der Waals surface area contributed by atoms with Crippen LogP contribution in [-0.2, 0) is 13.1 Å². The predicted octanol–water partition coefficient (Wildman–Crippen LogP) is 1.60. The molecule has 1 aliphatic rings. The fourth-order valence-corrected chi connectivity index (χ4v) is 2.62. The van der Waals surface area contributed by atoms with Gasteiger partial charge in [0.2, 0.25) is 0 Å². The number of benzene rings is 1. The summed E-state index contributed by atoms with van der Waals surface area (Å²) in [6.45, 7) is 2.67. The van der Waals surface area contributed by atoms with E-state index in [-0.39, 0.29) is 0 Å². The second kappa shape index (κ2) is 7.29. The molecule has 24 heavy (non-hydrogen) atoms. The summed E-state index contributed by atoms with van der Waals surface area (Å²) >= 11 is 0. The highest BCUT2D eigenvalue weighted by atomic mass is 16.5. The number of aromatic nitrogens is 1. The summed E-state index contributed by atoms with van der Waals surface area (Å²) in [5.74, 6) is 0.851. The number of ether oxygens (including phenoxy) is 2. The number of hydrogen-bond donors (Lipinski definition) is 2. The van der Waals surface area contributed by atoms with Crippen LogP contribution in [0.3, 0.4) is 0 Å².